The van der Waals surface area contributed by atoms with Crippen LogP contribution in [0.4, 0.5) is 0 Å². The van der Waals surface area contributed by atoms with Gasteiger partial charge < -0.3 is 14.7 Å². The molecular weight excluding hydrogens is 244 g/mol. The average molecular weight is 266 g/mol. The molecule has 1 aliphatic heterocycles. The number of aryl methyl sites for hydroxylation is 1. The largest absolute Gasteiger partial charge is 0.339 e. The Balaban J connectivity index is 1.91. The van der Waals surface area contributed by atoms with Crippen LogP contribution in [0.2, 0.25) is 0 Å². The van der Waals surface area contributed by atoms with Gasteiger partial charge in [0.05, 0.1) is 0 Å². The Hall–Kier alpha value is -1.43. The summed E-state index contributed by atoms with van der Waals surface area (Å²) in [5, 5.41) is 7.13. The molecule has 0 radical (unpaired) electrons. The Morgan fingerprint density at radius 1 is 1.58 bits per heavy atom. The summed E-state index contributed by atoms with van der Waals surface area (Å²) in [6.07, 6.45) is 2.20. The van der Waals surface area contributed by atoms with Crippen molar-refractivity contribution in [1.82, 2.24) is 20.4 Å². The Morgan fingerprint density at radius 3 is 3.00 bits per heavy atom. The lowest BCUT2D eigenvalue weighted by molar-refractivity contribution is 0.0656. The maximum Gasteiger partial charge on any atom is 0.295 e. The van der Waals surface area contributed by atoms with Gasteiger partial charge in [-0.25, -0.2) is 0 Å². The molecule has 1 unspecified atom stereocenters. The quantitative estimate of drug-likeness (QED) is 0.887. The molecule has 1 N–H and O–H groups in total. The molecule has 106 valence electrons. The highest BCUT2D eigenvalue weighted by Crippen LogP contribution is 2.17. The summed E-state index contributed by atoms with van der Waals surface area (Å²) in [6, 6.07) is 0.478. The third-order valence-corrected chi connectivity index (χ3v) is 3.34. The van der Waals surface area contributed by atoms with Gasteiger partial charge in [0.2, 0.25) is 5.89 Å². The zero-order chi connectivity index (χ0) is 13.8. The number of hydrogen-bond donors (Lipinski definition) is 1. The van der Waals surface area contributed by atoms with Crippen LogP contribution in [-0.4, -0.2) is 46.6 Å². The second kappa shape index (κ2) is 6.14. The van der Waals surface area contributed by atoms with Crippen molar-refractivity contribution in [2.75, 3.05) is 19.6 Å². The fourth-order valence-electron chi connectivity index (χ4n) is 2.35. The lowest BCUT2D eigenvalue weighted by Crippen LogP contribution is -2.44. The zero-order valence-electron chi connectivity index (χ0n) is 11.8. The molecule has 1 amide bonds. The summed E-state index contributed by atoms with van der Waals surface area (Å²) in [7, 11) is 0. The average Bonchev–Trinajstić information content (AvgIpc) is 2.82. The summed E-state index contributed by atoms with van der Waals surface area (Å²) >= 11 is 0. The number of amides is 1. The summed E-state index contributed by atoms with van der Waals surface area (Å²) in [4.78, 5) is 18.1. The molecule has 0 aliphatic carbocycles. The van der Waals surface area contributed by atoms with E-state index in [4.69, 9.17) is 4.52 Å². The van der Waals surface area contributed by atoms with Crippen LogP contribution >= 0.6 is 0 Å². The third-order valence-electron chi connectivity index (χ3n) is 3.34. The van der Waals surface area contributed by atoms with E-state index >= 15 is 0 Å². The minimum absolute atomic E-state index is 0.119. The molecule has 1 aliphatic rings. The SMILES string of the molecule is Cc1nc(C(=O)N2CCCC(CNC(C)C)C2)no1. The summed E-state index contributed by atoms with van der Waals surface area (Å²) in [6.45, 7) is 8.46. The van der Waals surface area contributed by atoms with Crippen LogP contribution in [-0.2, 0) is 0 Å². The monoisotopic (exact) mass is 266 g/mol. The molecule has 0 spiro atoms. The topological polar surface area (TPSA) is 71.3 Å². The second-order valence-corrected chi connectivity index (χ2v) is 5.46. The number of carbonyl (C=O) groups is 1. The van der Waals surface area contributed by atoms with E-state index in [2.05, 4.69) is 29.3 Å². The van der Waals surface area contributed by atoms with Crippen LogP contribution in [0.15, 0.2) is 4.52 Å². The van der Waals surface area contributed by atoms with Crippen molar-refractivity contribution in [3.8, 4) is 0 Å². The zero-order valence-corrected chi connectivity index (χ0v) is 11.8. The molecular formula is C13H22N4O2. The molecule has 19 heavy (non-hydrogen) atoms. The van der Waals surface area contributed by atoms with E-state index in [1.54, 1.807) is 6.92 Å². The van der Waals surface area contributed by atoms with Gasteiger partial charge in [-0.1, -0.05) is 19.0 Å². The van der Waals surface area contributed by atoms with Crippen LogP contribution in [0.5, 0.6) is 0 Å². The summed E-state index contributed by atoms with van der Waals surface area (Å²) in [5.74, 6) is 0.993. The van der Waals surface area contributed by atoms with Crippen molar-refractivity contribution >= 4 is 5.91 Å². The molecule has 1 saturated heterocycles. The number of rotatable bonds is 4. The Kier molecular flexibility index (Phi) is 4.52. The number of piperidine rings is 1. The predicted molar refractivity (Wildman–Crippen MR) is 70.8 cm³/mol. The number of nitrogens with one attached hydrogen (secondary N) is 1. The Bertz CT molecular complexity index is 430. The van der Waals surface area contributed by atoms with Crippen LogP contribution in [0.3, 0.4) is 0 Å². The molecule has 2 heterocycles. The van der Waals surface area contributed by atoms with Gasteiger partial charge in [0.1, 0.15) is 0 Å². The fraction of sp³-hybridized carbons (Fsp3) is 0.769. The molecule has 0 bridgehead atoms. The number of aromatic nitrogens is 2. The van der Waals surface area contributed by atoms with Gasteiger partial charge in [-0.3, -0.25) is 4.79 Å². The molecule has 2 rings (SSSR count). The lowest BCUT2D eigenvalue weighted by Gasteiger charge is -2.32. The first-order chi connectivity index (χ1) is 9.06. The maximum atomic E-state index is 12.2. The van der Waals surface area contributed by atoms with Crippen molar-refractivity contribution < 1.29 is 9.32 Å². The summed E-state index contributed by atoms with van der Waals surface area (Å²) in [5.41, 5.74) is 0. The van der Waals surface area contributed by atoms with Crippen molar-refractivity contribution in [3.05, 3.63) is 11.7 Å². The highest BCUT2D eigenvalue weighted by molar-refractivity contribution is 5.90. The molecule has 1 aromatic heterocycles. The van der Waals surface area contributed by atoms with Gasteiger partial charge in [0.25, 0.3) is 11.7 Å². The molecule has 6 nitrogen and oxygen atoms in total. The maximum absolute atomic E-state index is 12.2. The molecule has 1 atom stereocenters. The Labute approximate surface area is 113 Å². The summed E-state index contributed by atoms with van der Waals surface area (Å²) < 4.78 is 4.86. The van der Waals surface area contributed by atoms with E-state index < -0.39 is 0 Å². The normalized spacial score (nSPS) is 20.0. The highest BCUT2D eigenvalue weighted by atomic mass is 16.5. The molecule has 0 aromatic carbocycles. The van der Waals surface area contributed by atoms with Crippen molar-refractivity contribution in [2.45, 2.75) is 39.7 Å². The molecule has 1 fully saturated rings. The van der Waals surface area contributed by atoms with E-state index in [9.17, 15) is 4.79 Å². The van der Waals surface area contributed by atoms with Crippen LogP contribution in [0.25, 0.3) is 0 Å². The van der Waals surface area contributed by atoms with Crippen LogP contribution in [0.1, 0.15) is 43.2 Å². The third kappa shape index (κ3) is 3.76. The number of nitrogens with zero attached hydrogens (tertiary/aromatic N) is 3. The minimum atomic E-state index is -0.119. The lowest BCUT2D eigenvalue weighted by atomic mass is 9.97. The van der Waals surface area contributed by atoms with E-state index in [0.29, 0.717) is 17.9 Å². The van der Waals surface area contributed by atoms with Gasteiger partial charge in [-0.2, -0.15) is 4.98 Å². The number of hydrogen-bond acceptors (Lipinski definition) is 5. The molecule has 0 saturated carbocycles. The number of carbonyl (C=O) groups excluding carboxylic acids is 1. The first-order valence-corrected chi connectivity index (χ1v) is 6.89. The van der Waals surface area contributed by atoms with Gasteiger partial charge >= 0.3 is 0 Å². The first kappa shape index (κ1) is 14.0. The van der Waals surface area contributed by atoms with Crippen molar-refractivity contribution in [3.63, 3.8) is 0 Å². The van der Waals surface area contributed by atoms with Gasteiger partial charge in [-0.15, -0.1) is 0 Å². The van der Waals surface area contributed by atoms with Gasteiger partial charge in [0.15, 0.2) is 0 Å². The van der Waals surface area contributed by atoms with E-state index in [1.807, 2.05) is 4.90 Å². The minimum Gasteiger partial charge on any atom is -0.339 e. The van der Waals surface area contributed by atoms with Crippen LogP contribution in [0, 0.1) is 12.8 Å². The van der Waals surface area contributed by atoms with Crippen LogP contribution < -0.4 is 5.32 Å². The smallest absolute Gasteiger partial charge is 0.295 e. The Morgan fingerprint density at radius 2 is 2.37 bits per heavy atom. The molecule has 1 aromatic rings. The second-order valence-electron chi connectivity index (χ2n) is 5.46. The van der Waals surface area contributed by atoms with Gasteiger partial charge in [0, 0.05) is 26.1 Å². The van der Waals surface area contributed by atoms with E-state index in [-0.39, 0.29) is 11.7 Å². The number of likely N-dealkylation sites (tertiary alicyclic amines) is 1. The van der Waals surface area contributed by atoms with Crippen molar-refractivity contribution in [1.29, 1.82) is 0 Å². The predicted octanol–water partition coefficient (Wildman–Crippen LogP) is 1.23. The van der Waals surface area contributed by atoms with E-state index in [0.717, 1.165) is 32.5 Å². The highest BCUT2D eigenvalue weighted by Gasteiger charge is 2.27. The molecule has 6 heteroatoms. The first-order valence-electron chi connectivity index (χ1n) is 6.89. The van der Waals surface area contributed by atoms with E-state index in [1.165, 1.54) is 0 Å². The van der Waals surface area contributed by atoms with Gasteiger partial charge in [-0.05, 0) is 25.3 Å². The standard InChI is InChI=1S/C13H22N4O2/c1-9(2)14-7-11-5-4-6-17(8-11)13(18)12-15-10(3)19-16-12/h9,11,14H,4-8H2,1-3H3. The van der Waals surface area contributed by atoms with Crippen molar-refractivity contribution in [2.24, 2.45) is 5.92 Å². The fourth-order valence-corrected chi connectivity index (χ4v) is 2.35.